The predicted molar refractivity (Wildman–Crippen MR) is 79.0 cm³/mol. The Bertz CT molecular complexity index is 990. The number of phosphoric ester groups is 1. The zero-order valence-corrected chi connectivity index (χ0v) is 13.7. The standard InChI is InChI=1S/C12H14N5O8P/c13-1-4-2-17(9-6(4)10(20)16-12(14)15-9)11-8(19)7(18)5(25-11)3-24-26(21,22)23/h2,5,7-8,11,18-19H,3H2,(H2,21,22,23)(H3,14,15,16,20)/p-2/t5-,7-,8-,11+/m1/s1. The molecule has 0 spiro atoms. The van der Waals surface area contributed by atoms with Crippen LogP contribution in [0.3, 0.4) is 0 Å². The Morgan fingerprint density at radius 2 is 2.19 bits per heavy atom. The molecule has 140 valence electrons. The van der Waals surface area contributed by atoms with Crippen molar-refractivity contribution in [3.63, 3.8) is 0 Å². The van der Waals surface area contributed by atoms with Crippen LogP contribution in [0.2, 0.25) is 0 Å². The average molecular weight is 385 g/mol. The number of fused-ring (bicyclic) bond motifs is 1. The van der Waals surface area contributed by atoms with E-state index in [0.29, 0.717) is 0 Å². The van der Waals surface area contributed by atoms with Gasteiger partial charge in [-0.25, -0.2) is 0 Å². The molecular formula is C12H12N5O8P-2. The molecule has 2 aromatic heterocycles. The van der Waals surface area contributed by atoms with Crippen molar-refractivity contribution in [1.82, 2.24) is 14.5 Å². The number of ether oxygens (including phenoxy) is 1. The van der Waals surface area contributed by atoms with Gasteiger partial charge in [0.2, 0.25) is 5.95 Å². The number of nitrogen functional groups attached to an aromatic ring is 1. The van der Waals surface area contributed by atoms with Gasteiger partial charge in [-0.1, -0.05) is 0 Å². The summed E-state index contributed by atoms with van der Waals surface area (Å²) in [5.41, 5.74) is 4.64. The Kier molecular flexibility index (Phi) is 4.59. The number of nitriles is 1. The molecule has 0 saturated carbocycles. The molecule has 0 amide bonds. The molecule has 1 fully saturated rings. The van der Waals surface area contributed by atoms with Crippen LogP contribution in [0.15, 0.2) is 11.0 Å². The van der Waals surface area contributed by atoms with Gasteiger partial charge in [-0.15, -0.1) is 0 Å². The van der Waals surface area contributed by atoms with Crippen molar-refractivity contribution in [2.45, 2.75) is 24.5 Å². The molecule has 0 radical (unpaired) electrons. The molecule has 0 unspecified atom stereocenters. The van der Waals surface area contributed by atoms with E-state index in [1.54, 1.807) is 6.07 Å². The van der Waals surface area contributed by atoms with Gasteiger partial charge in [0.1, 0.15) is 29.8 Å². The number of aliphatic hydroxyl groups is 2. The fraction of sp³-hybridized carbons (Fsp3) is 0.417. The zero-order chi connectivity index (χ0) is 19.2. The van der Waals surface area contributed by atoms with Gasteiger partial charge in [0.15, 0.2) is 11.9 Å². The maximum atomic E-state index is 12.0. The highest BCUT2D eigenvalue weighted by Gasteiger charge is 2.44. The number of aromatic amines is 1. The van der Waals surface area contributed by atoms with E-state index in [0.717, 1.165) is 4.57 Å². The smallest absolute Gasteiger partial charge is 0.263 e. The van der Waals surface area contributed by atoms with Crippen LogP contribution in [-0.2, 0) is 13.8 Å². The van der Waals surface area contributed by atoms with Crippen LogP contribution in [0, 0.1) is 11.3 Å². The van der Waals surface area contributed by atoms with Crippen molar-refractivity contribution in [1.29, 1.82) is 5.26 Å². The SMILES string of the molecule is N#Cc1cn([C@H]2O[C@H](COP(=O)([O-])[O-])[C@@H](O)[C@H]2O)c2nc(N)[nH]c(=O)c12. The average Bonchev–Trinajstić information content (AvgIpc) is 3.04. The number of anilines is 1. The van der Waals surface area contributed by atoms with E-state index < -0.39 is 44.5 Å². The minimum atomic E-state index is -5.31. The topological polar surface area (TPSA) is 223 Å². The van der Waals surface area contributed by atoms with Crippen LogP contribution >= 0.6 is 7.82 Å². The quantitative estimate of drug-likeness (QED) is 0.380. The largest absolute Gasteiger partial charge is 0.790 e. The van der Waals surface area contributed by atoms with Crippen molar-refractivity contribution in [2.75, 3.05) is 12.3 Å². The van der Waals surface area contributed by atoms with Crippen molar-refractivity contribution in [3.8, 4) is 6.07 Å². The molecular weight excluding hydrogens is 373 g/mol. The summed E-state index contributed by atoms with van der Waals surface area (Å²) >= 11 is 0. The van der Waals surface area contributed by atoms with Crippen LogP contribution < -0.4 is 21.1 Å². The van der Waals surface area contributed by atoms with Gasteiger partial charge in [-0.05, 0) is 0 Å². The number of nitrogens with two attached hydrogens (primary N) is 1. The van der Waals surface area contributed by atoms with Crippen LogP contribution in [0.5, 0.6) is 0 Å². The fourth-order valence-corrected chi connectivity index (χ4v) is 3.04. The van der Waals surface area contributed by atoms with Gasteiger partial charge in [-0.2, -0.15) is 10.2 Å². The zero-order valence-electron chi connectivity index (χ0n) is 12.8. The third kappa shape index (κ3) is 3.22. The molecule has 1 aliphatic rings. The highest BCUT2D eigenvalue weighted by Crippen LogP contribution is 2.35. The van der Waals surface area contributed by atoms with Crippen molar-refractivity contribution >= 4 is 24.8 Å². The second-order valence-electron chi connectivity index (χ2n) is 5.50. The lowest BCUT2D eigenvalue weighted by Gasteiger charge is -2.30. The third-order valence-corrected chi connectivity index (χ3v) is 4.29. The van der Waals surface area contributed by atoms with Crippen molar-refractivity contribution < 1.29 is 33.8 Å². The molecule has 13 nitrogen and oxygen atoms in total. The van der Waals surface area contributed by atoms with Crippen LogP contribution in [0.4, 0.5) is 5.95 Å². The first-order chi connectivity index (χ1) is 12.1. The first-order valence-electron chi connectivity index (χ1n) is 7.11. The number of hydrogen-bond acceptors (Lipinski definition) is 11. The highest BCUT2D eigenvalue weighted by molar-refractivity contribution is 7.43. The summed E-state index contributed by atoms with van der Waals surface area (Å²) < 4.78 is 21.1. The molecule has 0 aliphatic carbocycles. The maximum absolute atomic E-state index is 12.0. The van der Waals surface area contributed by atoms with Crippen LogP contribution in [-0.4, -0.2) is 49.7 Å². The van der Waals surface area contributed by atoms with E-state index in [1.807, 2.05) is 0 Å². The number of phosphoric acid groups is 1. The summed E-state index contributed by atoms with van der Waals surface area (Å²) in [4.78, 5) is 39.3. The molecule has 1 saturated heterocycles. The molecule has 2 aromatic rings. The number of nitrogens with zero attached hydrogens (tertiary/aromatic N) is 3. The molecule has 3 rings (SSSR count). The Labute approximate surface area is 144 Å². The molecule has 26 heavy (non-hydrogen) atoms. The first kappa shape index (κ1) is 18.5. The number of H-pyrrole nitrogens is 1. The predicted octanol–water partition coefficient (Wildman–Crippen LogP) is -3.36. The number of aromatic nitrogens is 3. The van der Waals surface area contributed by atoms with E-state index in [4.69, 9.17) is 10.5 Å². The fourth-order valence-electron chi connectivity index (χ4n) is 2.71. The summed E-state index contributed by atoms with van der Waals surface area (Å²) in [6, 6.07) is 1.79. The summed E-state index contributed by atoms with van der Waals surface area (Å²) in [7, 11) is -5.31. The van der Waals surface area contributed by atoms with E-state index in [1.165, 1.54) is 6.20 Å². The summed E-state index contributed by atoms with van der Waals surface area (Å²) in [6.45, 7) is -0.820. The van der Waals surface area contributed by atoms with Gasteiger partial charge in [0.25, 0.3) is 5.56 Å². The lowest BCUT2D eigenvalue weighted by atomic mass is 10.1. The Hall–Kier alpha value is -2.30. The molecule has 14 heteroatoms. The lowest BCUT2D eigenvalue weighted by molar-refractivity contribution is -0.343. The summed E-state index contributed by atoms with van der Waals surface area (Å²) in [5.74, 6) is -0.252. The third-order valence-electron chi connectivity index (χ3n) is 3.83. The Balaban J connectivity index is 2.00. The summed E-state index contributed by atoms with van der Waals surface area (Å²) in [6.07, 6.45) is -4.72. The number of nitrogens with one attached hydrogen (secondary N) is 1. The van der Waals surface area contributed by atoms with Crippen LogP contribution in [0.25, 0.3) is 11.0 Å². The number of rotatable bonds is 4. The lowest BCUT2D eigenvalue weighted by Crippen LogP contribution is -2.34. The van der Waals surface area contributed by atoms with E-state index in [2.05, 4.69) is 14.5 Å². The molecule has 0 bridgehead atoms. The van der Waals surface area contributed by atoms with Gasteiger partial charge >= 0.3 is 0 Å². The normalized spacial score (nSPS) is 26.3. The van der Waals surface area contributed by atoms with Crippen molar-refractivity contribution in [2.24, 2.45) is 0 Å². The van der Waals surface area contributed by atoms with Gasteiger partial charge in [0.05, 0.1) is 20.0 Å². The molecule has 1 aliphatic heterocycles. The van der Waals surface area contributed by atoms with Crippen molar-refractivity contribution in [3.05, 3.63) is 22.1 Å². The second kappa shape index (κ2) is 6.45. The van der Waals surface area contributed by atoms with E-state index in [-0.39, 0.29) is 22.5 Å². The number of hydrogen-bond donors (Lipinski definition) is 4. The minimum absolute atomic E-state index is 0.0812. The van der Waals surface area contributed by atoms with Gasteiger partial charge in [0, 0.05) is 6.20 Å². The Morgan fingerprint density at radius 3 is 2.81 bits per heavy atom. The van der Waals surface area contributed by atoms with Gasteiger partial charge < -0.3 is 44.1 Å². The second-order valence-corrected chi connectivity index (χ2v) is 6.65. The van der Waals surface area contributed by atoms with Crippen LogP contribution in [0.1, 0.15) is 11.8 Å². The summed E-state index contributed by atoms with van der Waals surface area (Å²) in [5, 5.41) is 29.3. The molecule has 0 aromatic carbocycles. The number of aliphatic hydroxyl groups excluding tert-OH is 2. The van der Waals surface area contributed by atoms with E-state index in [9.17, 15) is 34.6 Å². The maximum Gasteiger partial charge on any atom is 0.263 e. The molecule has 3 heterocycles. The van der Waals surface area contributed by atoms with Gasteiger partial charge in [-0.3, -0.25) is 9.78 Å². The molecule has 5 N–H and O–H groups in total. The first-order valence-corrected chi connectivity index (χ1v) is 8.57. The van der Waals surface area contributed by atoms with E-state index >= 15 is 0 Å². The highest BCUT2D eigenvalue weighted by atomic mass is 31.2. The molecule has 4 atom stereocenters. The Morgan fingerprint density at radius 1 is 1.50 bits per heavy atom. The minimum Gasteiger partial charge on any atom is -0.790 e. The monoisotopic (exact) mass is 385 g/mol.